The standard InChI is InChI=1S/C19H27N3O3/c1-21-8-10-22(11-9-21)19(24)16-6-4-15(5-7-16)14-20-18(23)13-17-3-2-12-25-17/h4-7,17H,2-3,8-14H2,1H3,(H,20,23)/t17-/m1/s1. The summed E-state index contributed by atoms with van der Waals surface area (Å²) >= 11 is 0. The Balaban J connectivity index is 1.46. The molecule has 0 radical (unpaired) electrons. The van der Waals surface area contributed by atoms with Gasteiger partial charge in [-0.15, -0.1) is 0 Å². The highest BCUT2D eigenvalue weighted by Crippen LogP contribution is 2.15. The summed E-state index contributed by atoms with van der Waals surface area (Å²) in [5.41, 5.74) is 1.70. The SMILES string of the molecule is CN1CCN(C(=O)c2ccc(CNC(=O)C[C@H]3CCCO3)cc2)CC1. The van der Waals surface area contributed by atoms with Crippen LogP contribution < -0.4 is 5.32 Å². The van der Waals surface area contributed by atoms with Crippen LogP contribution in [0.4, 0.5) is 0 Å². The van der Waals surface area contributed by atoms with E-state index in [2.05, 4.69) is 17.3 Å². The van der Waals surface area contributed by atoms with Crippen LogP contribution in [0.15, 0.2) is 24.3 Å². The van der Waals surface area contributed by atoms with Crippen molar-refractivity contribution in [3.05, 3.63) is 35.4 Å². The maximum Gasteiger partial charge on any atom is 0.253 e. The van der Waals surface area contributed by atoms with E-state index in [4.69, 9.17) is 4.74 Å². The van der Waals surface area contributed by atoms with Crippen molar-refractivity contribution in [2.45, 2.75) is 31.9 Å². The summed E-state index contributed by atoms with van der Waals surface area (Å²) in [7, 11) is 2.07. The van der Waals surface area contributed by atoms with Gasteiger partial charge in [0, 0.05) is 44.9 Å². The van der Waals surface area contributed by atoms with E-state index in [-0.39, 0.29) is 17.9 Å². The average Bonchev–Trinajstić information content (AvgIpc) is 3.13. The third-order valence-electron chi connectivity index (χ3n) is 4.92. The van der Waals surface area contributed by atoms with Crippen LogP contribution in [-0.4, -0.2) is 67.6 Å². The van der Waals surface area contributed by atoms with Gasteiger partial charge in [0.1, 0.15) is 0 Å². The maximum atomic E-state index is 12.5. The van der Waals surface area contributed by atoms with Gasteiger partial charge in [-0.05, 0) is 37.6 Å². The second kappa shape index (κ2) is 8.45. The van der Waals surface area contributed by atoms with Crippen molar-refractivity contribution in [3.8, 4) is 0 Å². The molecule has 2 heterocycles. The van der Waals surface area contributed by atoms with E-state index >= 15 is 0 Å². The van der Waals surface area contributed by atoms with E-state index in [1.54, 1.807) is 0 Å². The fraction of sp³-hybridized carbons (Fsp3) is 0.579. The number of nitrogens with one attached hydrogen (secondary N) is 1. The highest BCUT2D eigenvalue weighted by Gasteiger charge is 2.20. The first-order valence-corrected chi connectivity index (χ1v) is 9.07. The van der Waals surface area contributed by atoms with Gasteiger partial charge >= 0.3 is 0 Å². The summed E-state index contributed by atoms with van der Waals surface area (Å²) in [6, 6.07) is 7.52. The average molecular weight is 345 g/mol. The molecule has 2 amide bonds. The zero-order chi connectivity index (χ0) is 17.6. The van der Waals surface area contributed by atoms with Crippen LogP contribution in [0.5, 0.6) is 0 Å². The minimum Gasteiger partial charge on any atom is -0.378 e. The number of carbonyl (C=O) groups is 2. The molecule has 25 heavy (non-hydrogen) atoms. The number of benzene rings is 1. The molecule has 0 bridgehead atoms. The van der Waals surface area contributed by atoms with Crippen molar-refractivity contribution >= 4 is 11.8 Å². The molecule has 136 valence electrons. The van der Waals surface area contributed by atoms with Gasteiger partial charge in [-0.3, -0.25) is 9.59 Å². The lowest BCUT2D eigenvalue weighted by Gasteiger charge is -2.32. The Morgan fingerprint density at radius 1 is 1.16 bits per heavy atom. The van der Waals surface area contributed by atoms with Crippen LogP contribution in [0.3, 0.4) is 0 Å². The summed E-state index contributed by atoms with van der Waals surface area (Å²) in [6.07, 6.45) is 2.51. The number of carbonyl (C=O) groups excluding carboxylic acids is 2. The molecule has 0 spiro atoms. The van der Waals surface area contributed by atoms with E-state index < -0.39 is 0 Å². The summed E-state index contributed by atoms with van der Waals surface area (Å²) in [4.78, 5) is 28.6. The van der Waals surface area contributed by atoms with Gasteiger partial charge in [0.05, 0.1) is 12.5 Å². The van der Waals surface area contributed by atoms with Gasteiger partial charge in [0.25, 0.3) is 5.91 Å². The molecule has 1 N–H and O–H groups in total. The van der Waals surface area contributed by atoms with E-state index in [0.29, 0.717) is 18.5 Å². The van der Waals surface area contributed by atoms with Crippen LogP contribution in [0.1, 0.15) is 35.2 Å². The fourth-order valence-electron chi connectivity index (χ4n) is 3.24. The Bertz CT molecular complexity index is 588. The molecule has 2 saturated heterocycles. The number of nitrogens with zero attached hydrogens (tertiary/aromatic N) is 2. The molecule has 2 fully saturated rings. The third-order valence-corrected chi connectivity index (χ3v) is 4.92. The topological polar surface area (TPSA) is 61.9 Å². The van der Waals surface area contributed by atoms with Crippen LogP contribution in [0, 0.1) is 0 Å². The van der Waals surface area contributed by atoms with Crippen molar-refractivity contribution in [2.75, 3.05) is 39.8 Å². The molecule has 0 unspecified atom stereocenters. The summed E-state index contributed by atoms with van der Waals surface area (Å²) in [5.74, 6) is 0.103. The monoisotopic (exact) mass is 345 g/mol. The Hall–Kier alpha value is -1.92. The smallest absolute Gasteiger partial charge is 0.253 e. The first-order chi connectivity index (χ1) is 12.1. The lowest BCUT2D eigenvalue weighted by molar-refractivity contribution is -0.123. The molecule has 1 atom stereocenters. The second-order valence-corrected chi connectivity index (χ2v) is 6.91. The van der Waals surface area contributed by atoms with Gasteiger partial charge in [0.2, 0.25) is 5.91 Å². The fourth-order valence-corrected chi connectivity index (χ4v) is 3.24. The molecule has 6 nitrogen and oxygen atoms in total. The zero-order valence-electron chi connectivity index (χ0n) is 14.9. The van der Waals surface area contributed by atoms with Crippen LogP contribution in [0.2, 0.25) is 0 Å². The van der Waals surface area contributed by atoms with E-state index in [1.165, 1.54) is 0 Å². The van der Waals surface area contributed by atoms with Crippen LogP contribution in [0.25, 0.3) is 0 Å². The molecule has 0 saturated carbocycles. The molecule has 1 aromatic rings. The largest absolute Gasteiger partial charge is 0.378 e. The highest BCUT2D eigenvalue weighted by molar-refractivity contribution is 5.94. The highest BCUT2D eigenvalue weighted by atomic mass is 16.5. The van der Waals surface area contributed by atoms with Crippen molar-refractivity contribution in [3.63, 3.8) is 0 Å². The minimum absolute atomic E-state index is 0.0180. The number of hydrogen-bond donors (Lipinski definition) is 1. The van der Waals surface area contributed by atoms with Gasteiger partial charge in [-0.2, -0.15) is 0 Å². The minimum atomic E-state index is 0.0180. The summed E-state index contributed by atoms with van der Waals surface area (Å²) < 4.78 is 5.48. The van der Waals surface area contributed by atoms with Crippen LogP contribution in [-0.2, 0) is 16.1 Å². The first-order valence-electron chi connectivity index (χ1n) is 9.07. The van der Waals surface area contributed by atoms with Gasteiger partial charge in [-0.25, -0.2) is 0 Å². The van der Waals surface area contributed by atoms with Crippen LogP contribution >= 0.6 is 0 Å². The Morgan fingerprint density at radius 2 is 1.88 bits per heavy atom. The summed E-state index contributed by atoms with van der Waals surface area (Å²) in [6.45, 7) is 4.63. The molecule has 6 heteroatoms. The number of amides is 2. The lowest BCUT2D eigenvalue weighted by atomic mass is 10.1. The van der Waals surface area contributed by atoms with Crippen molar-refractivity contribution in [2.24, 2.45) is 0 Å². The molecule has 1 aromatic carbocycles. The Kier molecular flexibility index (Phi) is 6.04. The predicted molar refractivity (Wildman–Crippen MR) is 95.3 cm³/mol. The van der Waals surface area contributed by atoms with Crippen molar-refractivity contribution in [1.82, 2.24) is 15.1 Å². The molecule has 0 aliphatic carbocycles. The molecule has 0 aromatic heterocycles. The number of hydrogen-bond acceptors (Lipinski definition) is 4. The first kappa shape index (κ1) is 17.9. The zero-order valence-corrected chi connectivity index (χ0v) is 14.9. The van der Waals surface area contributed by atoms with Gasteiger partial charge in [0.15, 0.2) is 0 Å². The van der Waals surface area contributed by atoms with E-state index in [1.807, 2.05) is 29.2 Å². The Morgan fingerprint density at radius 3 is 2.52 bits per heavy atom. The maximum absolute atomic E-state index is 12.5. The van der Waals surface area contributed by atoms with Gasteiger partial charge in [-0.1, -0.05) is 12.1 Å². The molecular formula is C19H27N3O3. The number of likely N-dealkylation sites (N-methyl/N-ethyl adjacent to an activating group) is 1. The van der Waals surface area contributed by atoms with E-state index in [9.17, 15) is 9.59 Å². The summed E-state index contributed by atoms with van der Waals surface area (Å²) in [5, 5.41) is 2.92. The number of rotatable bonds is 5. The molecule has 2 aliphatic rings. The normalized spacial score (nSPS) is 21.3. The Labute approximate surface area is 149 Å². The molecule has 3 rings (SSSR count). The second-order valence-electron chi connectivity index (χ2n) is 6.91. The van der Waals surface area contributed by atoms with Gasteiger partial charge < -0.3 is 19.9 Å². The third kappa shape index (κ3) is 5.03. The van der Waals surface area contributed by atoms with Crippen molar-refractivity contribution in [1.29, 1.82) is 0 Å². The molecule has 2 aliphatic heterocycles. The quantitative estimate of drug-likeness (QED) is 0.873. The molecular weight excluding hydrogens is 318 g/mol. The van der Waals surface area contributed by atoms with E-state index in [0.717, 1.165) is 51.2 Å². The van der Waals surface area contributed by atoms with Crippen molar-refractivity contribution < 1.29 is 14.3 Å². The number of ether oxygens (including phenoxy) is 1. The predicted octanol–water partition coefficient (Wildman–Crippen LogP) is 1.26. The lowest BCUT2D eigenvalue weighted by Crippen LogP contribution is -2.47. The number of piperazine rings is 1.